The summed E-state index contributed by atoms with van der Waals surface area (Å²) < 4.78 is 152. The number of carbonyl (C=O) groups is 2. The number of ether oxygens (including phenoxy) is 2. The summed E-state index contributed by atoms with van der Waals surface area (Å²) in [6.07, 6.45) is -11.9. The van der Waals surface area contributed by atoms with Gasteiger partial charge in [-0.3, -0.25) is 9.59 Å². The van der Waals surface area contributed by atoms with E-state index in [0.717, 1.165) is 24.3 Å². The maximum absolute atomic E-state index is 15.4. The highest BCUT2D eigenvalue weighted by molar-refractivity contribution is 6.55. The van der Waals surface area contributed by atoms with Gasteiger partial charge in [0.1, 0.15) is 34.5 Å². The van der Waals surface area contributed by atoms with Crippen molar-refractivity contribution >= 4 is 52.7 Å². The van der Waals surface area contributed by atoms with Gasteiger partial charge in [0, 0.05) is 74.3 Å². The zero-order valence-electron chi connectivity index (χ0n) is 42.8. The van der Waals surface area contributed by atoms with Gasteiger partial charge in [0.25, 0.3) is 11.8 Å². The van der Waals surface area contributed by atoms with Crippen molar-refractivity contribution in [1.82, 2.24) is 0 Å². The molecule has 0 atom stereocenters. The van der Waals surface area contributed by atoms with Gasteiger partial charge in [0.05, 0.1) is 11.4 Å². The third-order valence-corrected chi connectivity index (χ3v) is 15.8. The van der Waals surface area contributed by atoms with Gasteiger partial charge in [0.15, 0.2) is 0 Å². The Labute approximate surface area is 443 Å². The first kappa shape index (κ1) is 59.1. The molecule has 6 aromatic carbocycles. The molecule has 2 amide bonds. The molecule has 0 aliphatic carbocycles. The number of halogens is 6. The van der Waals surface area contributed by atoms with Crippen LogP contribution in [0.5, 0.6) is 34.5 Å². The van der Waals surface area contributed by atoms with Gasteiger partial charge in [-0.2, -0.15) is 26.3 Å². The molecule has 6 N–H and O–H groups in total. The summed E-state index contributed by atoms with van der Waals surface area (Å²) in [6, 6.07) is 26.9. The maximum atomic E-state index is 15.4. The van der Waals surface area contributed by atoms with Crippen molar-refractivity contribution in [2.24, 2.45) is 0 Å². The minimum absolute atomic E-state index is 0.00496. The number of hydrogen-bond acceptors (Lipinski definition) is 14. The van der Waals surface area contributed by atoms with Gasteiger partial charge in [-0.05, 0) is 150 Å². The third-order valence-electron chi connectivity index (χ3n) is 11.0. The average Bonchev–Trinajstić information content (AvgIpc) is 3.45. The summed E-state index contributed by atoms with van der Waals surface area (Å²) in [6.45, 7) is 10.8. The van der Waals surface area contributed by atoms with Crippen molar-refractivity contribution in [3.8, 4) is 34.5 Å². The number of carbonyl (C=O) groups excluding carboxylic acids is 2. The molecule has 0 unspecified atom stereocenters. The van der Waals surface area contributed by atoms with Crippen LogP contribution in [-0.2, 0) is 32.0 Å². The fraction of sp³-hybridized carbons (Fsp3) is 0.283. The Hall–Kier alpha value is -7.17. The van der Waals surface area contributed by atoms with E-state index in [2.05, 4.69) is 10.6 Å². The van der Waals surface area contributed by atoms with Crippen LogP contribution in [-0.4, -0.2) is 81.9 Å². The molecule has 0 heterocycles. The number of nitrogens with one attached hydrogen (secondary N) is 2. The minimum Gasteiger partial charge on any atom is -0.478 e. The van der Waals surface area contributed by atoms with E-state index in [9.17, 15) is 9.59 Å². The topological polar surface area (TPSA) is 203 Å². The quantitative estimate of drug-likeness (QED) is 0.0227. The predicted molar refractivity (Wildman–Crippen MR) is 279 cm³/mol. The highest BCUT2D eigenvalue weighted by Crippen LogP contribution is 2.56. The molecule has 16 nitrogen and oxygen atoms in total. The number of nitrogen functional groups attached to an aromatic ring is 2. The van der Waals surface area contributed by atoms with E-state index >= 15 is 26.3 Å². The molecule has 0 bridgehead atoms. The molecule has 0 spiro atoms. The van der Waals surface area contributed by atoms with Crippen LogP contribution in [0, 0.1) is 0 Å². The summed E-state index contributed by atoms with van der Waals surface area (Å²) in [4.78, 5) is 26.6. The Morgan fingerprint density at radius 2 is 0.714 bits per heavy atom. The molecule has 0 radical (unpaired) electrons. The fourth-order valence-corrected chi connectivity index (χ4v) is 11.6. The monoisotopic (exact) mass is 1110 g/mol. The summed E-state index contributed by atoms with van der Waals surface area (Å²) in [5.41, 5.74) is 6.27. The van der Waals surface area contributed by atoms with Gasteiger partial charge >= 0.3 is 30.4 Å². The number of nitrogens with two attached hydrogens (primary N) is 2. The second-order valence-corrected chi connectivity index (χ2v) is 20.4. The van der Waals surface area contributed by atoms with Gasteiger partial charge < -0.3 is 67.0 Å². The molecule has 0 saturated carbocycles. The molecule has 6 rings (SSSR count). The van der Waals surface area contributed by atoms with Crippen LogP contribution in [0.3, 0.4) is 0 Å². The SMILES string of the molecule is CCO[Si](OCC)(OCC)Oc1cc(Oc2ccc(C(c3ccc(Oc4ccc(NC(=O)c5ccc(N)cc5)c(O[Si](OCC)(OCC)OCC)c4)cc3)(C(F)(F)F)C(F)(F)F)cc2)ccc1NC(=O)c1ccc(N)cc1. The number of alkyl halides is 6. The van der Waals surface area contributed by atoms with Crippen molar-refractivity contribution in [2.45, 2.75) is 59.3 Å². The van der Waals surface area contributed by atoms with Gasteiger partial charge in [-0.15, -0.1) is 0 Å². The molecule has 6 aromatic rings. The van der Waals surface area contributed by atoms with E-state index in [4.69, 9.17) is 56.3 Å². The zero-order valence-corrected chi connectivity index (χ0v) is 44.8. The van der Waals surface area contributed by atoms with E-state index in [1.54, 1.807) is 65.8 Å². The average molecular weight is 1110 g/mol. The molecule has 0 aliphatic rings. The first-order valence-corrected chi connectivity index (χ1v) is 27.5. The predicted octanol–water partition coefficient (Wildman–Crippen LogP) is 12.2. The van der Waals surface area contributed by atoms with Crippen molar-refractivity contribution in [1.29, 1.82) is 0 Å². The van der Waals surface area contributed by atoms with Gasteiger partial charge in [0.2, 0.25) is 5.41 Å². The normalized spacial score (nSPS) is 12.2. The molecule has 0 fully saturated rings. The van der Waals surface area contributed by atoms with Crippen molar-refractivity contribution in [3.63, 3.8) is 0 Å². The Morgan fingerprint density at radius 1 is 0.429 bits per heavy atom. The summed E-state index contributed by atoms with van der Waals surface area (Å²) in [7, 11) is -7.91. The van der Waals surface area contributed by atoms with Crippen LogP contribution in [0.25, 0.3) is 0 Å². The number of amides is 2. The van der Waals surface area contributed by atoms with Crippen LogP contribution in [0.1, 0.15) is 73.4 Å². The molecule has 0 aromatic heterocycles. The number of hydrogen-bond donors (Lipinski definition) is 4. The van der Waals surface area contributed by atoms with E-state index < -0.39 is 58.8 Å². The van der Waals surface area contributed by atoms with Crippen LogP contribution >= 0.6 is 0 Å². The summed E-state index contributed by atoms with van der Waals surface area (Å²) in [5, 5.41) is 5.49. The second kappa shape index (κ2) is 25.8. The summed E-state index contributed by atoms with van der Waals surface area (Å²) >= 11 is 0. The van der Waals surface area contributed by atoms with E-state index in [0.29, 0.717) is 35.6 Å². The van der Waals surface area contributed by atoms with Crippen molar-refractivity contribution < 1.29 is 80.8 Å². The van der Waals surface area contributed by atoms with Crippen LogP contribution in [0.4, 0.5) is 49.1 Å². The first-order valence-electron chi connectivity index (χ1n) is 24.2. The van der Waals surface area contributed by atoms with Gasteiger partial charge in [-0.25, -0.2) is 0 Å². The molecule has 412 valence electrons. The molecule has 0 aliphatic heterocycles. The lowest BCUT2D eigenvalue weighted by Gasteiger charge is -2.38. The van der Waals surface area contributed by atoms with Crippen molar-refractivity contribution in [2.75, 3.05) is 61.7 Å². The van der Waals surface area contributed by atoms with Crippen LogP contribution in [0.2, 0.25) is 0 Å². The van der Waals surface area contributed by atoms with E-state index in [1.807, 2.05) is 0 Å². The van der Waals surface area contributed by atoms with Crippen LogP contribution in [0.15, 0.2) is 133 Å². The standard InChI is InChI=1S/C53H58F6N4O12Si2/c1-7-66-76(67-8-2,68-9-3)74-47-33-43(29-31-45(47)62-49(64)35-13-21-39(60)22-14-35)72-41-25-17-37(18-26-41)51(52(54,55)56,53(57,58)59)38-19-27-42(28-20-38)73-44-30-32-46(63-50(65)36-15-23-40(61)24-16-36)48(34-44)75-77(69-10-4,70-11-5)71-12-6/h13-34H,7-12,60-61H2,1-6H3,(H,62,64)(H,63,65). The van der Waals surface area contributed by atoms with Crippen molar-refractivity contribution in [3.05, 3.63) is 156 Å². The molecular weight excluding hydrogens is 1050 g/mol. The van der Waals surface area contributed by atoms with E-state index in [1.165, 1.54) is 60.7 Å². The lowest BCUT2D eigenvalue weighted by molar-refractivity contribution is -0.288. The van der Waals surface area contributed by atoms with Gasteiger partial charge in [-0.1, -0.05) is 24.3 Å². The lowest BCUT2D eigenvalue weighted by Crippen LogP contribution is -2.54. The fourth-order valence-electron chi connectivity index (χ4n) is 7.72. The summed E-state index contributed by atoms with van der Waals surface area (Å²) in [5.74, 6) is -1.53. The minimum atomic E-state index is -5.94. The highest BCUT2D eigenvalue weighted by atomic mass is 28.4. The Kier molecular flexibility index (Phi) is 19.8. The van der Waals surface area contributed by atoms with Crippen LogP contribution < -0.4 is 40.4 Å². The largest absolute Gasteiger partial charge is 0.749 e. The molecule has 24 heteroatoms. The molecule has 0 saturated heterocycles. The maximum Gasteiger partial charge on any atom is 0.749 e. The number of anilines is 4. The molecule has 77 heavy (non-hydrogen) atoms. The second-order valence-electron chi connectivity index (χ2n) is 16.3. The Balaban J connectivity index is 1.32. The smallest absolute Gasteiger partial charge is 0.478 e. The highest BCUT2D eigenvalue weighted by Gasteiger charge is 2.72. The van der Waals surface area contributed by atoms with E-state index in [-0.39, 0.29) is 96.6 Å². The number of rotatable bonds is 26. The molecular formula is C53H58F6N4O12Si2. The first-order chi connectivity index (χ1) is 36.7. The number of benzene rings is 6. The third kappa shape index (κ3) is 14.3. The Morgan fingerprint density at radius 3 is 0.987 bits per heavy atom. The zero-order chi connectivity index (χ0) is 56.0. The lowest BCUT2D eigenvalue weighted by atomic mass is 9.73. The Bertz CT molecular complexity index is 2670.